The molecule has 2 atom stereocenters. The fourth-order valence-corrected chi connectivity index (χ4v) is 2.82. The van der Waals surface area contributed by atoms with Crippen molar-refractivity contribution < 1.29 is 4.74 Å². The van der Waals surface area contributed by atoms with E-state index in [0.717, 1.165) is 12.8 Å². The Morgan fingerprint density at radius 1 is 1.38 bits per heavy atom. The molecule has 2 bridgehead atoms. The zero-order valence-corrected chi connectivity index (χ0v) is 9.35. The average molecular weight is 220 g/mol. The minimum absolute atomic E-state index is 0.101. The molecule has 0 amide bonds. The second-order valence-corrected chi connectivity index (χ2v) is 4.81. The van der Waals surface area contributed by atoms with Crippen LogP contribution in [0, 0.1) is 0 Å². The molecule has 0 aromatic carbocycles. The Bertz CT molecular complexity index is 431. The van der Waals surface area contributed by atoms with Crippen LogP contribution in [0.4, 0.5) is 0 Å². The Balaban J connectivity index is 1.66. The van der Waals surface area contributed by atoms with Crippen LogP contribution < -0.4 is 10.3 Å². The van der Waals surface area contributed by atoms with Gasteiger partial charge in [0, 0.05) is 24.3 Å². The van der Waals surface area contributed by atoms with E-state index >= 15 is 0 Å². The normalized spacial score (nSPS) is 33.2. The lowest BCUT2D eigenvalue weighted by molar-refractivity contribution is -0.0559. The summed E-state index contributed by atoms with van der Waals surface area (Å²) in [5, 5.41) is 0. The van der Waals surface area contributed by atoms with Crippen molar-refractivity contribution in [2.24, 2.45) is 0 Å². The van der Waals surface area contributed by atoms with Crippen LogP contribution in [0.1, 0.15) is 19.3 Å². The van der Waals surface area contributed by atoms with Crippen LogP contribution in [0.15, 0.2) is 23.1 Å². The van der Waals surface area contributed by atoms with E-state index in [1.54, 1.807) is 6.20 Å². The molecule has 0 spiro atoms. The van der Waals surface area contributed by atoms with Gasteiger partial charge in [0.25, 0.3) is 5.56 Å². The Labute approximate surface area is 94.2 Å². The summed E-state index contributed by atoms with van der Waals surface area (Å²) in [6.45, 7) is 0. The van der Waals surface area contributed by atoms with Crippen LogP contribution in [0.3, 0.4) is 0 Å². The summed E-state index contributed by atoms with van der Waals surface area (Å²) >= 11 is 0. The van der Waals surface area contributed by atoms with E-state index < -0.39 is 0 Å². The van der Waals surface area contributed by atoms with Gasteiger partial charge in [-0.15, -0.1) is 0 Å². The maximum atomic E-state index is 11.1. The van der Waals surface area contributed by atoms with Crippen molar-refractivity contribution in [3.63, 3.8) is 0 Å². The standard InChI is InChI=1S/C12H16N2O2/c1-14-8-4-9(14)6-11(5-8)16-10-2-3-13-12(15)7-10/h2-3,7-9,11H,4-6H2,1H3,(H,13,15). The Morgan fingerprint density at radius 2 is 2.12 bits per heavy atom. The number of piperidine rings is 1. The smallest absolute Gasteiger partial charge is 0.251 e. The van der Waals surface area contributed by atoms with Crippen molar-refractivity contribution in [1.82, 2.24) is 9.88 Å². The predicted molar refractivity (Wildman–Crippen MR) is 60.7 cm³/mol. The first-order valence-electron chi connectivity index (χ1n) is 5.80. The average Bonchev–Trinajstić information content (AvgIpc) is 2.28. The minimum atomic E-state index is -0.101. The molecule has 16 heavy (non-hydrogen) atoms. The number of pyridine rings is 1. The molecule has 2 unspecified atom stereocenters. The van der Waals surface area contributed by atoms with Gasteiger partial charge in [0.1, 0.15) is 11.9 Å². The fraction of sp³-hybridized carbons (Fsp3) is 0.583. The topological polar surface area (TPSA) is 45.3 Å². The van der Waals surface area contributed by atoms with Gasteiger partial charge in [-0.3, -0.25) is 4.79 Å². The summed E-state index contributed by atoms with van der Waals surface area (Å²) in [6.07, 6.45) is 5.39. The monoisotopic (exact) mass is 220 g/mol. The molecule has 1 saturated carbocycles. The highest BCUT2D eigenvalue weighted by atomic mass is 16.5. The van der Waals surface area contributed by atoms with Crippen molar-refractivity contribution >= 4 is 0 Å². The van der Waals surface area contributed by atoms with E-state index in [4.69, 9.17) is 4.74 Å². The number of nitrogens with one attached hydrogen (secondary N) is 1. The number of fused-ring (bicyclic) bond motifs is 2. The van der Waals surface area contributed by atoms with Gasteiger partial charge in [-0.2, -0.15) is 0 Å². The third kappa shape index (κ3) is 1.63. The van der Waals surface area contributed by atoms with Crippen LogP contribution in [-0.4, -0.2) is 35.1 Å². The third-order valence-corrected chi connectivity index (χ3v) is 3.82. The quantitative estimate of drug-likeness (QED) is 0.808. The highest BCUT2D eigenvalue weighted by Crippen LogP contribution is 2.37. The molecule has 4 rings (SSSR count). The molecule has 3 fully saturated rings. The molecule has 86 valence electrons. The Hall–Kier alpha value is -1.29. The molecule has 1 N–H and O–H groups in total. The van der Waals surface area contributed by atoms with Gasteiger partial charge < -0.3 is 14.6 Å². The van der Waals surface area contributed by atoms with Gasteiger partial charge in [-0.25, -0.2) is 0 Å². The maximum Gasteiger partial charge on any atom is 0.251 e. The number of H-pyrrole nitrogens is 1. The van der Waals surface area contributed by atoms with Crippen molar-refractivity contribution in [2.45, 2.75) is 37.5 Å². The summed E-state index contributed by atoms with van der Waals surface area (Å²) in [5.41, 5.74) is -0.101. The SMILES string of the molecule is CN1C2CC(Oc3cc[nH]c(=O)c3)CC1C2. The number of aromatic nitrogens is 1. The fourth-order valence-electron chi connectivity index (χ4n) is 2.82. The molecule has 4 nitrogen and oxygen atoms in total. The lowest BCUT2D eigenvalue weighted by atomic mass is 9.78. The lowest BCUT2D eigenvalue weighted by Gasteiger charge is -2.53. The summed E-state index contributed by atoms with van der Waals surface area (Å²) in [6, 6.07) is 4.70. The highest BCUT2D eigenvalue weighted by molar-refractivity contribution is 5.18. The van der Waals surface area contributed by atoms with Crippen molar-refractivity contribution in [3.8, 4) is 5.75 Å². The molecule has 1 aliphatic carbocycles. The molecule has 4 heteroatoms. The zero-order valence-electron chi connectivity index (χ0n) is 9.35. The third-order valence-electron chi connectivity index (χ3n) is 3.82. The maximum absolute atomic E-state index is 11.1. The number of rotatable bonds is 2. The van der Waals surface area contributed by atoms with E-state index in [1.807, 2.05) is 6.07 Å². The number of aromatic amines is 1. The molecular weight excluding hydrogens is 204 g/mol. The first-order chi connectivity index (χ1) is 7.72. The van der Waals surface area contributed by atoms with Crippen molar-refractivity contribution in [1.29, 1.82) is 0 Å². The number of ether oxygens (including phenoxy) is 1. The molecule has 1 aromatic rings. The van der Waals surface area contributed by atoms with Crippen molar-refractivity contribution in [3.05, 3.63) is 28.7 Å². The summed E-state index contributed by atoms with van der Waals surface area (Å²) in [5.74, 6) is 0.692. The number of nitrogens with zero attached hydrogens (tertiary/aromatic N) is 1. The van der Waals surface area contributed by atoms with Gasteiger partial charge in [0.15, 0.2) is 0 Å². The second kappa shape index (κ2) is 3.63. The predicted octanol–water partition coefficient (Wildman–Crippen LogP) is 0.989. The largest absolute Gasteiger partial charge is 0.490 e. The number of hydrogen-bond acceptors (Lipinski definition) is 3. The highest BCUT2D eigenvalue weighted by Gasteiger charge is 2.43. The summed E-state index contributed by atoms with van der Waals surface area (Å²) < 4.78 is 5.84. The van der Waals surface area contributed by atoms with E-state index in [1.165, 1.54) is 12.5 Å². The summed E-state index contributed by atoms with van der Waals surface area (Å²) in [7, 11) is 2.18. The molecule has 2 aliphatic heterocycles. The summed E-state index contributed by atoms with van der Waals surface area (Å²) in [4.78, 5) is 16.1. The van der Waals surface area contributed by atoms with Gasteiger partial charge in [0.2, 0.25) is 0 Å². The molecule has 3 aliphatic rings. The molecule has 0 radical (unpaired) electrons. The van der Waals surface area contributed by atoms with E-state index in [-0.39, 0.29) is 11.7 Å². The van der Waals surface area contributed by atoms with Crippen LogP contribution in [0.2, 0.25) is 0 Å². The van der Waals surface area contributed by atoms with Crippen LogP contribution >= 0.6 is 0 Å². The lowest BCUT2D eigenvalue weighted by Crippen LogP contribution is -2.60. The van der Waals surface area contributed by atoms with E-state index in [2.05, 4.69) is 16.9 Å². The Morgan fingerprint density at radius 3 is 2.75 bits per heavy atom. The first-order valence-corrected chi connectivity index (χ1v) is 5.80. The molecule has 1 aromatic heterocycles. The van der Waals surface area contributed by atoms with E-state index in [0.29, 0.717) is 17.8 Å². The Kier molecular flexibility index (Phi) is 2.24. The van der Waals surface area contributed by atoms with Gasteiger partial charge in [0.05, 0.1) is 0 Å². The second-order valence-electron chi connectivity index (χ2n) is 4.81. The van der Waals surface area contributed by atoms with Gasteiger partial charge >= 0.3 is 0 Å². The van der Waals surface area contributed by atoms with Gasteiger partial charge in [-0.1, -0.05) is 0 Å². The molecule has 3 heterocycles. The minimum Gasteiger partial charge on any atom is -0.490 e. The van der Waals surface area contributed by atoms with Crippen LogP contribution in [0.25, 0.3) is 0 Å². The van der Waals surface area contributed by atoms with Crippen molar-refractivity contribution in [2.75, 3.05) is 7.05 Å². The van der Waals surface area contributed by atoms with E-state index in [9.17, 15) is 4.79 Å². The van der Waals surface area contributed by atoms with Crippen LogP contribution in [0.5, 0.6) is 5.75 Å². The first kappa shape index (κ1) is 9.90. The molecule has 2 saturated heterocycles. The molecular formula is C12H16N2O2. The van der Waals surface area contributed by atoms with Crippen LogP contribution in [-0.2, 0) is 0 Å². The van der Waals surface area contributed by atoms with Gasteiger partial charge in [-0.05, 0) is 32.4 Å². The number of hydrogen-bond donors (Lipinski definition) is 1. The zero-order chi connectivity index (χ0) is 11.1.